The van der Waals surface area contributed by atoms with Gasteiger partial charge in [0.15, 0.2) is 17.3 Å². The molecule has 0 amide bonds. The Morgan fingerprint density at radius 3 is 2.31 bits per heavy atom. The first-order valence-electron chi connectivity index (χ1n) is 10.6. The monoisotopic (exact) mass is 477 g/mol. The van der Waals surface area contributed by atoms with Crippen LogP contribution in [0.3, 0.4) is 0 Å². The Balaban J connectivity index is 1.58. The predicted octanol–water partition coefficient (Wildman–Crippen LogP) is 5.12. The van der Waals surface area contributed by atoms with Gasteiger partial charge in [0.2, 0.25) is 11.5 Å². The number of ketones is 1. The van der Waals surface area contributed by atoms with Crippen molar-refractivity contribution in [2.45, 2.75) is 13.5 Å². The fourth-order valence-corrected chi connectivity index (χ4v) is 3.82. The summed E-state index contributed by atoms with van der Waals surface area (Å²) in [6.45, 7) is 2.01. The SMILES string of the molecule is COc1ccc(/C=C2\Oc3cc(OCc4ccc([N+](=O)[O-])cc4)cc(C)c3C2=O)c(OC)c1OC. The molecule has 0 radical (unpaired) electrons. The van der Waals surface area contributed by atoms with Gasteiger partial charge in [-0.3, -0.25) is 14.9 Å². The average Bonchev–Trinajstić information content (AvgIpc) is 3.17. The number of nitro benzene ring substituents is 1. The third-order valence-electron chi connectivity index (χ3n) is 5.52. The molecule has 0 spiro atoms. The molecule has 0 aromatic heterocycles. The van der Waals surface area contributed by atoms with Crippen LogP contribution in [0.5, 0.6) is 28.7 Å². The van der Waals surface area contributed by atoms with E-state index in [1.165, 1.54) is 33.5 Å². The molecule has 0 saturated heterocycles. The normalized spacial score (nSPS) is 13.3. The van der Waals surface area contributed by atoms with Crippen LogP contribution in [0.2, 0.25) is 0 Å². The molecule has 4 rings (SSSR count). The molecular formula is C26H23NO8. The number of carbonyl (C=O) groups excluding carboxylic acids is 1. The summed E-state index contributed by atoms with van der Waals surface area (Å²) in [5.74, 6) is 2.11. The van der Waals surface area contributed by atoms with Crippen molar-refractivity contribution in [1.29, 1.82) is 0 Å². The van der Waals surface area contributed by atoms with Crippen molar-refractivity contribution in [1.82, 2.24) is 0 Å². The molecule has 0 N–H and O–H groups in total. The standard InChI is InChI=1S/C26H23NO8/c1-15-11-19(34-14-16-5-8-18(9-6-16)27(29)30)13-21-23(15)24(28)22(35-21)12-17-7-10-20(31-2)26(33-4)25(17)32-3/h5-13H,14H2,1-4H3/b22-12-. The number of non-ortho nitro benzene ring substituents is 1. The number of aryl methyl sites for hydroxylation is 1. The Labute approximate surface area is 201 Å². The summed E-state index contributed by atoms with van der Waals surface area (Å²) in [7, 11) is 4.54. The summed E-state index contributed by atoms with van der Waals surface area (Å²) >= 11 is 0. The fraction of sp³-hybridized carbons (Fsp3) is 0.192. The number of benzene rings is 3. The van der Waals surface area contributed by atoms with E-state index in [1.54, 1.807) is 49.4 Å². The molecule has 3 aromatic carbocycles. The number of nitrogens with zero attached hydrogens (tertiary/aromatic N) is 1. The van der Waals surface area contributed by atoms with Crippen LogP contribution in [0.15, 0.2) is 54.3 Å². The Bertz CT molecular complexity index is 1330. The number of rotatable bonds is 8. The highest BCUT2D eigenvalue weighted by molar-refractivity contribution is 6.15. The second kappa shape index (κ2) is 9.76. The number of methoxy groups -OCH3 is 3. The number of hydrogen-bond acceptors (Lipinski definition) is 8. The second-order valence-corrected chi connectivity index (χ2v) is 7.69. The minimum Gasteiger partial charge on any atom is -0.493 e. The molecule has 1 heterocycles. The van der Waals surface area contributed by atoms with E-state index in [9.17, 15) is 14.9 Å². The van der Waals surface area contributed by atoms with Gasteiger partial charge in [-0.1, -0.05) is 0 Å². The molecule has 9 nitrogen and oxygen atoms in total. The molecule has 0 atom stereocenters. The summed E-state index contributed by atoms with van der Waals surface area (Å²) in [6.07, 6.45) is 1.60. The first-order chi connectivity index (χ1) is 16.9. The van der Waals surface area contributed by atoms with Gasteiger partial charge in [-0.05, 0) is 54.5 Å². The summed E-state index contributed by atoms with van der Waals surface area (Å²) in [5, 5.41) is 10.8. The predicted molar refractivity (Wildman–Crippen MR) is 128 cm³/mol. The Hall–Kier alpha value is -4.53. The Kier molecular flexibility index (Phi) is 6.59. The lowest BCUT2D eigenvalue weighted by atomic mass is 10.0. The maximum atomic E-state index is 13.1. The van der Waals surface area contributed by atoms with Crippen LogP contribution in [0.1, 0.15) is 27.0 Å². The van der Waals surface area contributed by atoms with E-state index in [0.29, 0.717) is 45.4 Å². The summed E-state index contributed by atoms with van der Waals surface area (Å²) in [6, 6.07) is 13.0. The van der Waals surface area contributed by atoms with Crippen LogP contribution in [-0.4, -0.2) is 32.0 Å². The second-order valence-electron chi connectivity index (χ2n) is 7.69. The van der Waals surface area contributed by atoms with Crippen molar-refractivity contribution < 1.29 is 33.4 Å². The van der Waals surface area contributed by atoms with E-state index in [2.05, 4.69) is 0 Å². The van der Waals surface area contributed by atoms with Gasteiger partial charge in [0.05, 0.1) is 31.8 Å². The van der Waals surface area contributed by atoms with Crippen molar-refractivity contribution in [3.63, 3.8) is 0 Å². The highest BCUT2D eigenvalue weighted by atomic mass is 16.6. The van der Waals surface area contributed by atoms with Gasteiger partial charge < -0.3 is 23.7 Å². The largest absolute Gasteiger partial charge is 0.493 e. The lowest BCUT2D eigenvalue weighted by Gasteiger charge is -2.14. The van der Waals surface area contributed by atoms with Gasteiger partial charge in [0, 0.05) is 23.8 Å². The van der Waals surface area contributed by atoms with Crippen LogP contribution in [0.4, 0.5) is 5.69 Å². The highest BCUT2D eigenvalue weighted by Crippen LogP contribution is 2.42. The maximum absolute atomic E-state index is 13.1. The zero-order valence-electron chi connectivity index (χ0n) is 19.6. The Morgan fingerprint density at radius 1 is 0.971 bits per heavy atom. The molecule has 9 heteroatoms. The summed E-state index contributed by atoms with van der Waals surface area (Å²) in [4.78, 5) is 23.5. The van der Waals surface area contributed by atoms with Crippen molar-refractivity contribution in [2.24, 2.45) is 0 Å². The fourth-order valence-electron chi connectivity index (χ4n) is 3.82. The lowest BCUT2D eigenvalue weighted by molar-refractivity contribution is -0.384. The number of ether oxygens (including phenoxy) is 5. The van der Waals surface area contributed by atoms with Gasteiger partial charge in [0.1, 0.15) is 18.1 Å². The first kappa shape index (κ1) is 23.6. The molecule has 1 aliphatic heterocycles. The summed E-state index contributed by atoms with van der Waals surface area (Å²) in [5.41, 5.74) is 2.53. The van der Waals surface area contributed by atoms with E-state index in [4.69, 9.17) is 23.7 Å². The first-order valence-corrected chi connectivity index (χ1v) is 10.6. The molecule has 35 heavy (non-hydrogen) atoms. The molecule has 180 valence electrons. The van der Waals surface area contributed by atoms with Gasteiger partial charge in [-0.25, -0.2) is 0 Å². The molecule has 0 saturated carbocycles. The van der Waals surface area contributed by atoms with Crippen LogP contribution in [0, 0.1) is 17.0 Å². The third-order valence-corrected chi connectivity index (χ3v) is 5.52. The highest BCUT2D eigenvalue weighted by Gasteiger charge is 2.30. The van der Waals surface area contributed by atoms with Crippen molar-refractivity contribution in [3.8, 4) is 28.7 Å². The van der Waals surface area contributed by atoms with Crippen molar-refractivity contribution in [3.05, 3.63) is 86.7 Å². The van der Waals surface area contributed by atoms with Gasteiger partial charge >= 0.3 is 0 Å². The van der Waals surface area contributed by atoms with E-state index in [1.807, 2.05) is 0 Å². The van der Waals surface area contributed by atoms with Gasteiger partial charge in [-0.15, -0.1) is 0 Å². The number of carbonyl (C=O) groups is 1. The van der Waals surface area contributed by atoms with Gasteiger partial charge in [0.25, 0.3) is 5.69 Å². The van der Waals surface area contributed by atoms with Crippen molar-refractivity contribution in [2.75, 3.05) is 21.3 Å². The molecule has 3 aromatic rings. The van der Waals surface area contributed by atoms with Crippen LogP contribution in [0.25, 0.3) is 6.08 Å². The zero-order chi connectivity index (χ0) is 25.1. The van der Waals surface area contributed by atoms with E-state index >= 15 is 0 Å². The molecule has 0 aliphatic carbocycles. The van der Waals surface area contributed by atoms with E-state index < -0.39 is 4.92 Å². The molecule has 0 bridgehead atoms. The quantitative estimate of drug-likeness (QED) is 0.250. The number of allylic oxidation sites excluding steroid dienone is 1. The van der Waals surface area contributed by atoms with Crippen LogP contribution >= 0.6 is 0 Å². The smallest absolute Gasteiger partial charge is 0.269 e. The molecule has 0 unspecified atom stereocenters. The number of fused-ring (bicyclic) bond motifs is 1. The third kappa shape index (κ3) is 4.61. The summed E-state index contributed by atoms with van der Waals surface area (Å²) < 4.78 is 28.0. The topological polar surface area (TPSA) is 106 Å². The number of hydrogen-bond donors (Lipinski definition) is 0. The molecular weight excluding hydrogens is 454 g/mol. The minimum atomic E-state index is -0.453. The molecule has 1 aliphatic rings. The number of nitro groups is 1. The number of Topliss-reactive ketones (excluding diaryl/α,β-unsaturated/α-hetero) is 1. The maximum Gasteiger partial charge on any atom is 0.269 e. The van der Waals surface area contributed by atoms with E-state index in [0.717, 1.165) is 5.56 Å². The zero-order valence-corrected chi connectivity index (χ0v) is 19.6. The van der Waals surface area contributed by atoms with E-state index in [-0.39, 0.29) is 23.8 Å². The molecule has 0 fully saturated rings. The lowest BCUT2D eigenvalue weighted by Crippen LogP contribution is -2.01. The van der Waals surface area contributed by atoms with Gasteiger partial charge in [-0.2, -0.15) is 0 Å². The Morgan fingerprint density at radius 2 is 1.69 bits per heavy atom. The van der Waals surface area contributed by atoms with Crippen LogP contribution in [-0.2, 0) is 6.61 Å². The minimum absolute atomic E-state index is 0.0134. The average molecular weight is 477 g/mol. The van der Waals surface area contributed by atoms with Crippen molar-refractivity contribution >= 4 is 17.5 Å². The van der Waals surface area contributed by atoms with Crippen LogP contribution < -0.4 is 23.7 Å².